The molecule has 0 radical (unpaired) electrons. The number of carbonyl (C=O) groups excluding carboxylic acids is 6. The van der Waals surface area contributed by atoms with Crippen molar-refractivity contribution in [1.29, 1.82) is 0 Å². The van der Waals surface area contributed by atoms with E-state index in [4.69, 9.17) is 19.3 Å². The molecular formula is C34H48N4O13. The number of imide groups is 1. The molecule has 0 aliphatic carbocycles. The maximum Gasteiger partial charge on any atom is 0.332 e. The molecule has 51 heavy (non-hydrogen) atoms. The average molecular weight is 721 g/mol. The molecule has 0 saturated carbocycles. The first-order valence-corrected chi connectivity index (χ1v) is 16.5. The highest BCUT2D eigenvalue weighted by atomic mass is 16.5. The predicted molar refractivity (Wildman–Crippen MR) is 180 cm³/mol. The van der Waals surface area contributed by atoms with Crippen LogP contribution in [0.3, 0.4) is 0 Å². The van der Waals surface area contributed by atoms with Gasteiger partial charge in [0.05, 0.1) is 38.5 Å². The maximum absolute atomic E-state index is 12.9. The fourth-order valence-corrected chi connectivity index (χ4v) is 5.25. The molecular weight excluding hydrogens is 672 g/mol. The van der Waals surface area contributed by atoms with Crippen LogP contribution in [0.5, 0.6) is 0 Å². The summed E-state index contributed by atoms with van der Waals surface area (Å²) in [5.41, 5.74) is 1.78. The lowest BCUT2D eigenvalue weighted by Crippen LogP contribution is -2.51. The molecule has 1 fully saturated rings. The zero-order valence-corrected chi connectivity index (χ0v) is 29.2. The highest BCUT2D eigenvalue weighted by molar-refractivity contribution is 6.12. The van der Waals surface area contributed by atoms with E-state index in [0.717, 1.165) is 12.0 Å². The molecule has 4 atom stereocenters. The van der Waals surface area contributed by atoms with Crippen molar-refractivity contribution in [1.82, 2.24) is 15.5 Å². The topological polar surface area (TPSA) is 247 Å². The van der Waals surface area contributed by atoms with Gasteiger partial charge >= 0.3 is 11.9 Å². The zero-order valence-electron chi connectivity index (χ0n) is 29.2. The van der Waals surface area contributed by atoms with Crippen LogP contribution in [0.4, 0.5) is 5.69 Å². The fraction of sp³-hybridized carbons (Fsp3) is 0.559. The number of aliphatic hydroxyl groups is 2. The summed E-state index contributed by atoms with van der Waals surface area (Å²) in [6.45, 7) is 4.45. The lowest BCUT2D eigenvalue weighted by molar-refractivity contribution is -0.166. The van der Waals surface area contributed by atoms with Crippen molar-refractivity contribution in [3.05, 3.63) is 41.5 Å². The number of hydrogen-bond acceptors (Lipinski definition) is 12. The van der Waals surface area contributed by atoms with E-state index in [-0.39, 0.29) is 51.5 Å². The number of nitrogens with zero attached hydrogens (tertiary/aromatic N) is 1. The summed E-state index contributed by atoms with van der Waals surface area (Å²) >= 11 is 0. The van der Waals surface area contributed by atoms with Crippen LogP contribution in [0.1, 0.15) is 57.6 Å². The number of aryl methyl sites for hydroxylation is 1. The van der Waals surface area contributed by atoms with Crippen LogP contribution in [-0.4, -0.2) is 119 Å². The molecule has 1 saturated heterocycles. The van der Waals surface area contributed by atoms with Gasteiger partial charge in [0.1, 0.15) is 12.6 Å². The lowest BCUT2D eigenvalue weighted by Gasteiger charge is -2.31. The summed E-state index contributed by atoms with van der Waals surface area (Å²) < 4.78 is 16.1. The van der Waals surface area contributed by atoms with Crippen molar-refractivity contribution in [2.45, 2.75) is 83.8 Å². The highest BCUT2D eigenvalue weighted by Gasteiger charge is 2.32. The van der Waals surface area contributed by atoms with Gasteiger partial charge in [-0.1, -0.05) is 19.9 Å². The van der Waals surface area contributed by atoms with Crippen LogP contribution in [0.15, 0.2) is 30.4 Å². The molecule has 17 nitrogen and oxygen atoms in total. The minimum atomic E-state index is -1.15. The molecule has 0 bridgehead atoms. The number of rotatable bonds is 18. The molecule has 4 unspecified atom stereocenters. The van der Waals surface area contributed by atoms with Crippen LogP contribution in [0.25, 0.3) is 0 Å². The van der Waals surface area contributed by atoms with Crippen molar-refractivity contribution in [3.8, 4) is 0 Å². The fourth-order valence-electron chi connectivity index (χ4n) is 5.25. The Bertz CT molecular complexity index is 1410. The van der Waals surface area contributed by atoms with Gasteiger partial charge in [-0.25, -0.2) is 4.79 Å². The van der Waals surface area contributed by atoms with Gasteiger partial charge in [0, 0.05) is 44.7 Å². The number of aliphatic carboxylic acids is 1. The minimum absolute atomic E-state index is 0.00443. The molecule has 3 rings (SSSR count). The van der Waals surface area contributed by atoms with E-state index in [1.165, 1.54) is 19.1 Å². The SMILES string of the molecule is CC(=O)OCc1ccc(NC(=O)CNC(=O)C(NC(=O)CCOCCN2C(=O)C=CC2=O)C(C)C)cc1CCC1CC(O)CC(C(=O)O)O1.CO. The molecule has 17 heteroatoms. The largest absolute Gasteiger partial charge is 0.479 e. The van der Waals surface area contributed by atoms with E-state index in [1.807, 2.05) is 0 Å². The van der Waals surface area contributed by atoms with Gasteiger partial charge in [0.2, 0.25) is 17.7 Å². The van der Waals surface area contributed by atoms with Gasteiger partial charge in [-0.15, -0.1) is 0 Å². The van der Waals surface area contributed by atoms with Gasteiger partial charge in [-0.2, -0.15) is 0 Å². The van der Waals surface area contributed by atoms with Crippen LogP contribution in [0.2, 0.25) is 0 Å². The lowest BCUT2D eigenvalue weighted by atomic mass is 9.94. The first kappa shape index (κ1) is 42.5. The number of aliphatic hydroxyl groups excluding tert-OH is 2. The Hall–Kier alpha value is -4.71. The minimum Gasteiger partial charge on any atom is -0.479 e. The number of carboxylic acids is 1. The van der Waals surface area contributed by atoms with Crippen molar-refractivity contribution in [2.75, 3.05) is 38.7 Å². The van der Waals surface area contributed by atoms with Gasteiger partial charge in [0.25, 0.3) is 11.8 Å². The molecule has 2 aliphatic rings. The number of benzene rings is 1. The predicted octanol–water partition coefficient (Wildman–Crippen LogP) is -0.189. The molecule has 6 N–H and O–H groups in total. The molecule has 2 heterocycles. The molecule has 1 aromatic carbocycles. The van der Waals surface area contributed by atoms with Crippen LogP contribution in [-0.2, 0) is 60.8 Å². The smallest absolute Gasteiger partial charge is 0.332 e. The Morgan fingerprint density at radius 2 is 1.69 bits per heavy atom. The number of nitrogens with one attached hydrogen (secondary N) is 3. The third kappa shape index (κ3) is 14.6. The number of esters is 1. The second kappa shape index (κ2) is 21.5. The Kier molecular flexibility index (Phi) is 17.9. The number of carboxylic acid groups (broad SMARTS) is 1. The number of hydrogen-bond donors (Lipinski definition) is 6. The van der Waals surface area contributed by atoms with Crippen LogP contribution < -0.4 is 16.0 Å². The second-order valence-electron chi connectivity index (χ2n) is 12.1. The Balaban J connectivity index is 0.00000442. The molecule has 1 aromatic rings. The first-order valence-electron chi connectivity index (χ1n) is 16.5. The van der Waals surface area contributed by atoms with Crippen LogP contribution >= 0.6 is 0 Å². The first-order chi connectivity index (χ1) is 24.2. The van der Waals surface area contributed by atoms with Gasteiger partial charge < -0.3 is 45.5 Å². The van der Waals surface area contributed by atoms with E-state index in [2.05, 4.69) is 16.0 Å². The van der Waals surface area contributed by atoms with E-state index in [1.54, 1.807) is 32.0 Å². The van der Waals surface area contributed by atoms with E-state index < -0.39 is 72.4 Å². The number of ether oxygens (including phenoxy) is 3. The highest BCUT2D eigenvalue weighted by Crippen LogP contribution is 2.26. The second-order valence-corrected chi connectivity index (χ2v) is 12.1. The Labute approximate surface area is 295 Å². The third-order valence-electron chi connectivity index (χ3n) is 7.83. The quantitative estimate of drug-likeness (QED) is 0.0655. The monoisotopic (exact) mass is 720 g/mol. The van der Waals surface area contributed by atoms with E-state index in [9.17, 15) is 43.8 Å². The van der Waals surface area contributed by atoms with Crippen molar-refractivity contribution >= 4 is 47.2 Å². The molecule has 2 aliphatic heterocycles. The van der Waals surface area contributed by atoms with Crippen LogP contribution in [0, 0.1) is 5.92 Å². The van der Waals surface area contributed by atoms with Gasteiger partial charge in [-0.3, -0.25) is 33.7 Å². The summed E-state index contributed by atoms with van der Waals surface area (Å²) in [5.74, 6) is -4.34. The summed E-state index contributed by atoms with van der Waals surface area (Å²) in [7, 11) is 1.00. The van der Waals surface area contributed by atoms with Crippen molar-refractivity contribution in [2.24, 2.45) is 5.92 Å². The summed E-state index contributed by atoms with van der Waals surface area (Å²) in [6, 6.07) is 4.04. The molecule has 5 amide bonds. The Morgan fingerprint density at radius 3 is 2.31 bits per heavy atom. The van der Waals surface area contributed by atoms with E-state index in [0.29, 0.717) is 29.7 Å². The molecule has 282 valence electrons. The third-order valence-corrected chi connectivity index (χ3v) is 7.83. The van der Waals surface area contributed by atoms with Crippen molar-refractivity contribution < 1.29 is 63.1 Å². The summed E-state index contributed by atoms with van der Waals surface area (Å²) in [4.78, 5) is 85.1. The molecule has 0 spiro atoms. The zero-order chi connectivity index (χ0) is 38.1. The number of amides is 5. The Morgan fingerprint density at radius 1 is 1.00 bits per heavy atom. The van der Waals surface area contributed by atoms with Crippen molar-refractivity contribution in [3.63, 3.8) is 0 Å². The van der Waals surface area contributed by atoms with Gasteiger partial charge in [-0.05, 0) is 48.4 Å². The van der Waals surface area contributed by atoms with Gasteiger partial charge in [0.15, 0.2) is 6.10 Å². The molecule has 0 aromatic heterocycles. The normalized spacial score (nSPS) is 18.8. The maximum atomic E-state index is 12.9. The number of carbonyl (C=O) groups is 7. The summed E-state index contributed by atoms with van der Waals surface area (Å²) in [6.07, 6.45) is 0.858. The summed E-state index contributed by atoms with van der Waals surface area (Å²) in [5, 5.41) is 34.3. The average Bonchev–Trinajstić information content (AvgIpc) is 3.40. The number of anilines is 1. The van der Waals surface area contributed by atoms with E-state index >= 15 is 0 Å². The standard InChI is InChI=1S/C33H44N4O12.CH4O/c1-19(2)31(36-27(40)10-12-47-13-11-37-29(42)8-9-30(37)43)32(44)34-17-28(41)35-23-6-4-22(18-48-20(3)38)21(14-23)5-7-25-15-24(39)16-26(49-25)33(45)46;1-2/h4,6,8-9,14,19,24-26,31,39H,5,7,10-13,15-18H2,1-3H3,(H,34,44)(H,35,41)(H,36,40)(H,45,46);2H,1H3.